The van der Waals surface area contributed by atoms with Crippen LogP contribution >= 0.6 is 0 Å². The Labute approximate surface area is 127 Å². The van der Waals surface area contributed by atoms with Gasteiger partial charge in [0, 0.05) is 25.0 Å². The van der Waals surface area contributed by atoms with Gasteiger partial charge in [-0.3, -0.25) is 0 Å². The van der Waals surface area contributed by atoms with E-state index in [4.69, 9.17) is 4.74 Å². The fourth-order valence-corrected chi connectivity index (χ4v) is 2.46. The van der Waals surface area contributed by atoms with Crippen LogP contribution in [0, 0.1) is 0 Å². The van der Waals surface area contributed by atoms with Gasteiger partial charge >= 0.3 is 0 Å². The van der Waals surface area contributed by atoms with E-state index in [1.54, 1.807) is 0 Å². The van der Waals surface area contributed by atoms with Crippen molar-refractivity contribution < 1.29 is 4.74 Å². The number of nitrogens with zero attached hydrogens (tertiary/aromatic N) is 2. The van der Waals surface area contributed by atoms with Gasteiger partial charge in [-0.2, -0.15) is 0 Å². The molecule has 1 aromatic heterocycles. The number of hydrogen-bond donors (Lipinski definition) is 1. The van der Waals surface area contributed by atoms with Crippen molar-refractivity contribution in [1.82, 2.24) is 14.9 Å². The largest absolute Gasteiger partial charge is 0.486 e. The second-order valence-corrected chi connectivity index (χ2v) is 5.01. The van der Waals surface area contributed by atoms with Crippen LogP contribution in [0.1, 0.15) is 44.6 Å². The third-order valence-electron chi connectivity index (χ3n) is 3.65. The van der Waals surface area contributed by atoms with Gasteiger partial charge in [-0.05, 0) is 37.6 Å². The van der Waals surface area contributed by atoms with Crippen molar-refractivity contribution in [2.75, 3.05) is 6.54 Å². The molecule has 1 aromatic carbocycles. The van der Waals surface area contributed by atoms with Crippen LogP contribution in [-0.2, 0) is 13.2 Å². The number of ether oxygens (including phenoxy) is 1. The molecule has 1 N–H and O–H groups in total. The van der Waals surface area contributed by atoms with Crippen LogP contribution in [0.25, 0.3) is 0 Å². The molecule has 1 atom stereocenters. The Bertz CT molecular complexity index is 533. The molecule has 114 valence electrons. The summed E-state index contributed by atoms with van der Waals surface area (Å²) in [5.41, 5.74) is 1.31. The van der Waals surface area contributed by atoms with Crippen molar-refractivity contribution in [3.63, 3.8) is 0 Å². The number of benzene rings is 1. The summed E-state index contributed by atoms with van der Waals surface area (Å²) in [6.45, 7) is 8.84. The average molecular weight is 287 g/mol. The van der Waals surface area contributed by atoms with Crippen molar-refractivity contribution in [2.24, 2.45) is 0 Å². The quantitative estimate of drug-likeness (QED) is 0.807. The van der Waals surface area contributed by atoms with Crippen molar-refractivity contribution >= 4 is 0 Å². The SMILES string of the molecule is CCNC(CC)c1ccc(OCc2nccn2CC)cc1. The normalized spacial score (nSPS) is 12.3. The number of imidazole rings is 1. The highest BCUT2D eigenvalue weighted by Crippen LogP contribution is 2.20. The Morgan fingerprint density at radius 1 is 1.19 bits per heavy atom. The first-order chi connectivity index (χ1) is 10.3. The van der Waals surface area contributed by atoms with E-state index in [0.717, 1.165) is 31.1 Å². The zero-order valence-corrected chi connectivity index (χ0v) is 13.2. The predicted molar refractivity (Wildman–Crippen MR) is 85.4 cm³/mol. The molecule has 0 radical (unpaired) electrons. The van der Waals surface area contributed by atoms with Crippen molar-refractivity contribution in [3.05, 3.63) is 48.0 Å². The second kappa shape index (κ2) is 7.84. The summed E-state index contributed by atoms with van der Waals surface area (Å²) >= 11 is 0. The van der Waals surface area contributed by atoms with Gasteiger partial charge in [-0.15, -0.1) is 0 Å². The lowest BCUT2D eigenvalue weighted by Crippen LogP contribution is -2.19. The molecule has 0 saturated carbocycles. The molecule has 0 bridgehead atoms. The van der Waals surface area contributed by atoms with E-state index in [1.807, 2.05) is 24.5 Å². The van der Waals surface area contributed by atoms with E-state index in [-0.39, 0.29) is 0 Å². The lowest BCUT2D eigenvalue weighted by molar-refractivity contribution is 0.290. The van der Waals surface area contributed by atoms with Crippen LogP contribution in [0.4, 0.5) is 0 Å². The molecule has 1 heterocycles. The topological polar surface area (TPSA) is 39.1 Å². The van der Waals surface area contributed by atoms with Crippen LogP contribution in [0.3, 0.4) is 0 Å². The van der Waals surface area contributed by atoms with E-state index in [2.05, 4.69) is 47.8 Å². The first kappa shape index (κ1) is 15.6. The van der Waals surface area contributed by atoms with Gasteiger partial charge in [-0.1, -0.05) is 26.0 Å². The minimum atomic E-state index is 0.419. The smallest absolute Gasteiger partial charge is 0.146 e. The Kier molecular flexibility index (Phi) is 5.81. The maximum atomic E-state index is 5.82. The van der Waals surface area contributed by atoms with Crippen LogP contribution in [-0.4, -0.2) is 16.1 Å². The monoisotopic (exact) mass is 287 g/mol. The van der Waals surface area contributed by atoms with Crippen LogP contribution < -0.4 is 10.1 Å². The van der Waals surface area contributed by atoms with Crippen LogP contribution in [0.15, 0.2) is 36.7 Å². The van der Waals surface area contributed by atoms with Gasteiger partial charge < -0.3 is 14.6 Å². The summed E-state index contributed by atoms with van der Waals surface area (Å²) in [4.78, 5) is 4.31. The molecule has 0 aliphatic heterocycles. The molecule has 0 fully saturated rings. The summed E-state index contributed by atoms with van der Waals surface area (Å²) in [7, 11) is 0. The summed E-state index contributed by atoms with van der Waals surface area (Å²) in [6.07, 6.45) is 4.87. The molecule has 0 amide bonds. The summed E-state index contributed by atoms with van der Waals surface area (Å²) in [5, 5.41) is 3.48. The van der Waals surface area contributed by atoms with Crippen molar-refractivity contribution in [2.45, 2.75) is 46.4 Å². The third-order valence-corrected chi connectivity index (χ3v) is 3.65. The second-order valence-electron chi connectivity index (χ2n) is 5.01. The number of aryl methyl sites for hydroxylation is 1. The van der Waals surface area contributed by atoms with E-state index in [0.29, 0.717) is 12.6 Å². The standard InChI is InChI=1S/C17H25N3O/c1-4-16(18-5-2)14-7-9-15(10-8-14)21-13-17-19-11-12-20(17)6-3/h7-12,16,18H,4-6,13H2,1-3H3. The highest BCUT2D eigenvalue weighted by molar-refractivity contribution is 5.29. The first-order valence-electron chi connectivity index (χ1n) is 7.74. The van der Waals surface area contributed by atoms with Crippen LogP contribution in [0.5, 0.6) is 5.75 Å². The zero-order valence-electron chi connectivity index (χ0n) is 13.2. The Morgan fingerprint density at radius 2 is 1.95 bits per heavy atom. The van der Waals surface area contributed by atoms with Gasteiger partial charge in [0.25, 0.3) is 0 Å². The van der Waals surface area contributed by atoms with E-state index in [1.165, 1.54) is 5.56 Å². The Morgan fingerprint density at radius 3 is 2.57 bits per heavy atom. The molecule has 0 spiro atoms. The van der Waals surface area contributed by atoms with Crippen molar-refractivity contribution in [1.29, 1.82) is 0 Å². The lowest BCUT2D eigenvalue weighted by Gasteiger charge is -2.16. The summed E-state index contributed by atoms with van der Waals surface area (Å²) in [5.74, 6) is 1.84. The molecular weight excluding hydrogens is 262 g/mol. The fraction of sp³-hybridized carbons (Fsp3) is 0.471. The third kappa shape index (κ3) is 4.08. The van der Waals surface area contributed by atoms with Gasteiger partial charge in [0.2, 0.25) is 0 Å². The fourth-order valence-electron chi connectivity index (χ4n) is 2.46. The van der Waals surface area contributed by atoms with Crippen LogP contribution in [0.2, 0.25) is 0 Å². The number of aromatic nitrogens is 2. The maximum Gasteiger partial charge on any atom is 0.146 e. The minimum Gasteiger partial charge on any atom is -0.486 e. The number of nitrogens with one attached hydrogen (secondary N) is 1. The van der Waals surface area contributed by atoms with E-state index in [9.17, 15) is 0 Å². The van der Waals surface area contributed by atoms with Gasteiger partial charge in [0.05, 0.1) is 0 Å². The molecule has 0 aliphatic carbocycles. The molecule has 2 aromatic rings. The molecular formula is C17H25N3O. The molecule has 4 nitrogen and oxygen atoms in total. The highest BCUT2D eigenvalue weighted by atomic mass is 16.5. The average Bonchev–Trinajstić information content (AvgIpc) is 2.99. The molecule has 21 heavy (non-hydrogen) atoms. The molecule has 1 unspecified atom stereocenters. The molecule has 4 heteroatoms. The van der Waals surface area contributed by atoms with E-state index >= 15 is 0 Å². The number of rotatable bonds is 8. The predicted octanol–water partition coefficient (Wildman–Crippen LogP) is 3.54. The van der Waals surface area contributed by atoms with Crippen molar-refractivity contribution in [3.8, 4) is 5.75 Å². The highest BCUT2D eigenvalue weighted by Gasteiger charge is 2.08. The zero-order chi connectivity index (χ0) is 15.1. The van der Waals surface area contributed by atoms with E-state index < -0.39 is 0 Å². The Hall–Kier alpha value is -1.81. The minimum absolute atomic E-state index is 0.419. The molecule has 0 saturated heterocycles. The van der Waals surface area contributed by atoms with Gasteiger partial charge in [-0.25, -0.2) is 4.98 Å². The molecule has 2 rings (SSSR count). The lowest BCUT2D eigenvalue weighted by atomic mass is 10.0. The summed E-state index contributed by atoms with van der Waals surface area (Å²) < 4.78 is 7.91. The van der Waals surface area contributed by atoms with Gasteiger partial charge in [0.15, 0.2) is 0 Å². The first-order valence-corrected chi connectivity index (χ1v) is 7.74. The Balaban J connectivity index is 1.96. The van der Waals surface area contributed by atoms with Gasteiger partial charge in [0.1, 0.15) is 18.2 Å². The number of hydrogen-bond acceptors (Lipinski definition) is 3. The molecule has 0 aliphatic rings. The maximum absolute atomic E-state index is 5.82. The summed E-state index contributed by atoms with van der Waals surface area (Å²) in [6, 6.07) is 8.77.